The fourth-order valence-electron chi connectivity index (χ4n) is 1.94. The van der Waals surface area contributed by atoms with Crippen molar-refractivity contribution in [1.82, 2.24) is 0 Å². The predicted octanol–water partition coefficient (Wildman–Crippen LogP) is 3.45. The van der Waals surface area contributed by atoms with E-state index in [2.05, 4.69) is 17.4 Å². The standard InChI is InChI=1S/C17H19NO2/c1-13(19)7-12-17(20)18-16-10-8-15(9-11-16)14-5-3-2-4-6-14/h2-6,8-11,13,19H,7,12H2,1H3,(H,18,20). The van der Waals surface area contributed by atoms with Gasteiger partial charge in [-0.15, -0.1) is 0 Å². The molecule has 0 fully saturated rings. The second-order valence-corrected chi connectivity index (χ2v) is 4.88. The summed E-state index contributed by atoms with van der Waals surface area (Å²) in [5, 5.41) is 12.0. The van der Waals surface area contributed by atoms with Gasteiger partial charge in [0, 0.05) is 12.1 Å². The van der Waals surface area contributed by atoms with E-state index in [1.807, 2.05) is 42.5 Å². The van der Waals surface area contributed by atoms with E-state index >= 15 is 0 Å². The van der Waals surface area contributed by atoms with Crippen molar-refractivity contribution in [3.63, 3.8) is 0 Å². The molecule has 2 rings (SSSR count). The largest absolute Gasteiger partial charge is 0.393 e. The zero-order valence-electron chi connectivity index (χ0n) is 11.5. The molecule has 0 aromatic heterocycles. The van der Waals surface area contributed by atoms with Crippen molar-refractivity contribution in [3.8, 4) is 11.1 Å². The summed E-state index contributed by atoms with van der Waals surface area (Å²) in [6.07, 6.45) is 0.368. The van der Waals surface area contributed by atoms with Gasteiger partial charge in [-0.1, -0.05) is 42.5 Å². The molecule has 1 unspecified atom stereocenters. The molecule has 2 N–H and O–H groups in total. The Kier molecular flexibility index (Phi) is 4.91. The van der Waals surface area contributed by atoms with E-state index in [1.165, 1.54) is 0 Å². The van der Waals surface area contributed by atoms with Crippen LogP contribution >= 0.6 is 0 Å². The van der Waals surface area contributed by atoms with Crippen LogP contribution in [-0.4, -0.2) is 17.1 Å². The third-order valence-electron chi connectivity index (χ3n) is 3.06. The van der Waals surface area contributed by atoms with E-state index < -0.39 is 6.10 Å². The molecule has 1 atom stereocenters. The van der Waals surface area contributed by atoms with Gasteiger partial charge in [-0.2, -0.15) is 0 Å². The van der Waals surface area contributed by atoms with Gasteiger partial charge < -0.3 is 10.4 Å². The van der Waals surface area contributed by atoms with Crippen LogP contribution in [0.4, 0.5) is 5.69 Å². The lowest BCUT2D eigenvalue weighted by Gasteiger charge is -2.07. The average Bonchev–Trinajstić information content (AvgIpc) is 2.47. The first-order chi connectivity index (χ1) is 9.65. The first-order valence-electron chi connectivity index (χ1n) is 6.78. The molecule has 0 aliphatic heterocycles. The number of amides is 1. The van der Waals surface area contributed by atoms with Crippen LogP contribution in [0.25, 0.3) is 11.1 Å². The first-order valence-corrected chi connectivity index (χ1v) is 6.78. The summed E-state index contributed by atoms with van der Waals surface area (Å²) >= 11 is 0. The van der Waals surface area contributed by atoms with E-state index in [9.17, 15) is 4.79 Å². The molecule has 0 aliphatic rings. The Hall–Kier alpha value is -2.13. The summed E-state index contributed by atoms with van der Waals surface area (Å²) in [5.41, 5.74) is 3.05. The van der Waals surface area contributed by atoms with Crippen LogP contribution in [0.3, 0.4) is 0 Å². The van der Waals surface area contributed by atoms with E-state index in [0.717, 1.165) is 16.8 Å². The summed E-state index contributed by atoms with van der Waals surface area (Å²) in [5.74, 6) is -0.0710. The fraction of sp³-hybridized carbons (Fsp3) is 0.235. The predicted molar refractivity (Wildman–Crippen MR) is 81.4 cm³/mol. The molecule has 0 saturated carbocycles. The highest BCUT2D eigenvalue weighted by atomic mass is 16.3. The summed E-state index contributed by atoms with van der Waals surface area (Å²) in [6, 6.07) is 17.8. The Labute approximate surface area is 119 Å². The van der Waals surface area contributed by atoms with E-state index in [1.54, 1.807) is 6.92 Å². The van der Waals surface area contributed by atoms with Crippen molar-refractivity contribution in [2.24, 2.45) is 0 Å². The van der Waals surface area contributed by atoms with Crippen molar-refractivity contribution in [3.05, 3.63) is 54.6 Å². The molecule has 1 amide bonds. The Morgan fingerprint density at radius 3 is 2.25 bits per heavy atom. The zero-order chi connectivity index (χ0) is 14.4. The summed E-state index contributed by atoms with van der Waals surface area (Å²) < 4.78 is 0. The van der Waals surface area contributed by atoms with Crippen molar-refractivity contribution < 1.29 is 9.90 Å². The second kappa shape index (κ2) is 6.87. The van der Waals surface area contributed by atoms with Crippen molar-refractivity contribution in [2.75, 3.05) is 5.32 Å². The molecule has 3 heteroatoms. The Balaban J connectivity index is 1.97. The second-order valence-electron chi connectivity index (χ2n) is 4.88. The van der Waals surface area contributed by atoms with Crippen LogP contribution in [0.1, 0.15) is 19.8 Å². The van der Waals surface area contributed by atoms with Crippen LogP contribution in [0.5, 0.6) is 0 Å². The Bertz CT molecular complexity index is 547. The van der Waals surface area contributed by atoms with Crippen LogP contribution < -0.4 is 5.32 Å². The number of rotatable bonds is 5. The van der Waals surface area contributed by atoms with E-state index in [0.29, 0.717) is 12.8 Å². The van der Waals surface area contributed by atoms with Crippen molar-refractivity contribution in [1.29, 1.82) is 0 Å². The van der Waals surface area contributed by atoms with Crippen molar-refractivity contribution in [2.45, 2.75) is 25.9 Å². The van der Waals surface area contributed by atoms with Gasteiger partial charge in [0.25, 0.3) is 0 Å². The maximum absolute atomic E-state index is 11.6. The third kappa shape index (κ3) is 4.21. The van der Waals surface area contributed by atoms with Gasteiger partial charge in [0.15, 0.2) is 0 Å². The highest BCUT2D eigenvalue weighted by Crippen LogP contribution is 2.21. The number of hydrogen-bond donors (Lipinski definition) is 2. The molecule has 0 saturated heterocycles. The summed E-state index contributed by atoms with van der Waals surface area (Å²) in [6.45, 7) is 1.68. The summed E-state index contributed by atoms with van der Waals surface area (Å²) in [7, 11) is 0. The van der Waals surface area contributed by atoms with Crippen LogP contribution in [0, 0.1) is 0 Å². The van der Waals surface area contributed by atoms with Gasteiger partial charge in [0.2, 0.25) is 5.91 Å². The molecule has 0 bridgehead atoms. The van der Waals surface area contributed by atoms with Gasteiger partial charge in [0.05, 0.1) is 6.10 Å². The molecular formula is C17H19NO2. The first kappa shape index (κ1) is 14.3. The minimum Gasteiger partial charge on any atom is -0.393 e. The SMILES string of the molecule is CC(O)CCC(=O)Nc1ccc(-c2ccccc2)cc1. The normalized spacial score (nSPS) is 11.9. The smallest absolute Gasteiger partial charge is 0.224 e. The minimum atomic E-state index is -0.443. The topological polar surface area (TPSA) is 49.3 Å². The molecule has 3 nitrogen and oxygen atoms in total. The van der Waals surface area contributed by atoms with Crippen molar-refractivity contribution >= 4 is 11.6 Å². The number of aliphatic hydroxyl groups is 1. The van der Waals surface area contributed by atoms with Gasteiger partial charge in [-0.05, 0) is 36.6 Å². The van der Waals surface area contributed by atoms with E-state index in [-0.39, 0.29) is 5.91 Å². The van der Waals surface area contributed by atoms with Gasteiger partial charge in [-0.3, -0.25) is 4.79 Å². The third-order valence-corrected chi connectivity index (χ3v) is 3.06. The zero-order valence-corrected chi connectivity index (χ0v) is 11.5. The van der Waals surface area contributed by atoms with E-state index in [4.69, 9.17) is 5.11 Å². The molecule has 0 radical (unpaired) electrons. The maximum atomic E-state index is 11.6. The number of carbonyl (C=O) groups is 1. The number of carbonyl (C=O) groups excluding carboxylic acids is 1. The molecule has 104 valence electrons. The quantitative estimate of drug-likeness (QED) is 0.873. The van der Waals surface area contributed by atoms with Gasteiger partial charge >= 0.3 is 0 Å². The molecular weight excluding hydrogens is 250 g/mol. The average molecular weight is 269 g/mol. The number of hydrogen-bond acceptors (Lipinski definition) is 2. The van der Waals surface area contributed by atoms with Crippen LogP contribution in [0.15, 0.2) is 54.6 Å². The molecule has 0 aliphatic carbocycles. The maximum Gasteiger partial charge on any atom is 0.224 e. The van der Waals surface area contributed by atoms with Crippen LogP contribution in [-0.2, 0) is 4.79 Å². The Morgan fingerprint density at radius 2 is 1.65 bits per heavy atom. The number of benzene rings is 2. The van der Waals surface area contributed by atoms with Gasteiger partial charge in [-0.25, -0.2) is 0 Å². The monoisotopic (exact) mass is 269 g/mol. The lowest BCUT2D eigenvalue weighted by atomic mass is 10.1. The lowest BCUT2D eigenvalue weighted by Crippen LogP contribution is -2.13. The minimum absolute atomic E-state index is 0.0710. The highest BCUT2D eigenvalue weighted by molar-refractivity contribution is 5.91. The number of nitrogens with one attached hydrogen (secondary N) is 1. The molecule has 0 heterocycles. The number of anilines is 1. The lowest BCUT2D eigenvalue weighted by molar-refractivity contribution is -0.116. The van der Waals surface area contributed by atoms with Crippen LogP contribution in [0.2, 0.25) is 0 Å². The number of aliphatic hydroxyl groups excluding tert-OH is 1. The van der Waals surface area contributed by atoms with Gasteiger partial charge in [0.1, 0.15) is 0 Å². The molecule has 0 spiro atoms. The molecule has 2 aromatic rings. The fourth-order valence-corrected chi connectivity index (χ4v) is 1.94. The molecule has 2 aromatic carbocycles. The highest BCUT2D eigenvalue weighted by Gasteiger charge is 2.05. The Morgan fingerprint density at radius 1 is 1.05 bits per heavy atom. The molecule has 20 heavy (non-hydrogen) atoms. The summed E-state index contributed by atoms with van der Waals surface area (Å²) in [4.78, 5) is 11.6.